The highest BCUT2D eigenvalue weighted by atomic mass is 16.6. The largest absolute Gasteiger partial charge is 0.444 e. The second-order valence-electron chi connectivity index (χ2n) is 7.54. The van der Waals surface area contributed by atoms with Gasteiger partial charge in [0, 0.05) is 31.7 Å². The predicted molar refractivity (Wildman–Crippen MR) is 99.2 cm³/mol. The minimum Gasteiger partial charge on any atom is -0.444 e. The Bertz CT molecular complexity index is 781. The van der Waals surface area contributed by atoms with Gasteiger partial charge < -0.3 is 10.1 Å². The highest BCUT2D eigenvalue weighted by Crippen LogP contribution is 2.21. The number of hydrogen-bond donors (Lipinski definition) is 1. The number of hydrogen-bond acceptors (Lipinski definition) is 5. The second kappa shape index (κ2) is 7.77. The van der Waals surface area contributed by atoms with Crippen molar-refractivity contribution in [3.8, 4) is 5.82 Å². The molecule has 0 aliphatic carbocycles. The minimum absolute atomic E-state index is 0.169. The fourth-order valence-corrected chi connectivity index (χ4v) is 2.95. The molecule has 0 spiro atoms. The third-order valence-corrected chi connectivity index (χ3v) is 4.23. The van der Waals surface area contributed by atoms with E-state index in [4.69, 9.17) is 4.74 Å². The smallest absolute Gasteiger partial charge is 0.410 e. The van der Waals surface area contributed by atoms with Gasteiger partial charge in [-0.15, -0.1) is 0 Å². The maximum absolute atomic E-state index is 12.6. The number of imidazole rings is 1. The molecule has 1 saturated heterocycles. The molecular formula is C19H25N5O3. The van der Waals surface area contributed by atoms with Crippen LogP contribution in [0, 0.1) is 0 Å². The first-order valence-electron chi connectivity index (χ1n) is 9.04. The number of carbonyl (C=O) groups is 2. The molecule has 3 heterocycles. The van der Waals surface area contributed by atoms with Crippen LogP contribution in [0.25, 0.3) is 5.82 Å². The van der Waals surface area contributed by atoms with Crippen molar-refractivity contribution in [2.45, 2.75) is 51.8 Å². The van der Waals surface area contributed by atoms with E-state index in [1.165, 1.54) is 4.90 Å². The molecule has 144 valence electrons. The van der Waals surface area contributed by atoms with Crippen LogP contribution in [0.1, 0.15) is 39.2 Å². The van der Waals surface area contributed by atoms with E-state index in [1.54, 1.807) is 23.3 Å². The summed E-state index contributed by atoms with van der Waals surface area (Å²) in [4.78, 5) is 34.7. The molecular weight excluding hydrogens is 346 g/mol. The summed E-state index contributed by atoms with van der Waals surface area (Å²) < 4.78 is 7.21. The second-order valence-corrected chi connectivity index (χ2v) is 7.54. The van der Waals surface area contributed by atoms with Gasteiger partial charge >= 0.3 is 6.09 Å². The van der Waals surface area contributed by atoms with Gasteiger partial charge in [0.25, 0.3) is 0 Å². The lowest BCUT2D eigenvalue weighted by atomic mass is 10.2. The average molecular weight is 371 g/mol. The van der Waals surface area contributed by atoms with E-state index in [-0.39, 0.29) is 5.91 Å². The summed E-state index contributed by atoms with van der Waals surface area (Å²) in [7, 11) is 0. The first-order chi connectivity index (χ1) is 12.8. The molecule has 2 aromatic heterocycles. The van der Waals surface area contributed by atoms with Gasteiger partial charge in [0.15, 0.2) is 0 Å². The van der Waals surface area contributed by atoms with Gasteiger partial charge in [0.05, 0.1) is 0 Å². The van der Waals surface area contributed by atoms with Gasteiger partial charge in [-0.2, -0.15) is 0 Å². The van der Waals surface area contributed by atoms with Crippen LogP contribution in [0.3, 0.4) is 0 Å². The van der Waals surface area contributed by atoms with Crippen LogP contribution < -0.4 is 5.32 Å². The zero-order valence-corrected chi connectivity index (χ0v) is 15.9. The molecule has 0 saturated carbocycles. The van der Waals surface area contributed by atoms with E-state index in [0.29, 0.717) is 19.5 Å². The van der Waals surface area contributed by atoms with Gasteiger partial charge in [0.2, 0.25) is 5.91 Å². The summed E-state index contributed by atoms with van der Waals surface area (Å²) in [5.41, 5.74) is 0.303. The number of amides is 2. The van der Waals surface area contributed by atoms with Gasteiger partial charge in [-0.3, -0.25) is 14.3 Å². The van der Waals surface area contributed by atoms with Gasteiger partial charge in [-0.25, -0.2) is 14.8 Å². The Morgan fingerprint density at radius 2 is 2.15 bits per heavy atom. The molecule has 0 aromatic carbocycles. The molecule has 1 aliphatic heterocycles. The highest BCUT2D eigenvalue weighted by molar-refractivity contribution is 5.86. The Labute approximate surface area is 158 Å². The fourth-order valence-electron chi connectivity index (χ4n) is 2.95. The third-order valence-electron chi connectivity index (χ3n) is 4.23. The van der Waals surface area contributed by atoms with E-state index < -0.39 is 17.7 Å². The maximum atomic E-state index is 12.6. The van der Waals surface area contributed by atoms with Gasteiger partial charge in [-0.1, -0.05) is 6.07 Å². The van der Waals surface area contributed by atoms with E-state index in [0.717, 1.165) is 17.8 Å². The molecule has 8 heteroatoms. The molecule has 2 amide bonds. The summed E-state index contributed by atoms with van der Waals surface area (Å²) in [6.07, 6.45) is 7.89. The van der Waals surface area contributed by atoms with Crippen molar-refractivity contribution in [3.63, 3.8) is 0 Å². The van der Waals surface area contributed by atoms with E-state index >= 15 is 0 Å². The molecule has 1 fully saturated rings. The third kappa shape index (κ3) is 4.84. The lowest BCUT2D eigenvalue weighted by Gasteiger charge is -2.28. The number of nitrogens with zero attached hydrogens (tertiary/aromatic N) is 4. The molecule has 27 heavy (non-hydrogen) atoms. The number of aromatic nitrogens is 3. The SMILES string of the molecule is CC(C)(C)OC(=O)N1CCCC1C(=O)NCc1ccc(-n2ccnc2)nc1. The number of carbonyl (C=O) groups excluding carboxylic acids is 2. The van der Waals surface area contributed by atoms with E-state index in [9.17, 15) is 9.59 Å². The van der Waals surface area contributed by atoms with Crippen LogP contribution in [0.5, 0.6) is 0 Å². The van der Waals surface area contributed by atoms with Crippen molar-refractivity contribution in [3.05, 3.63) is 42.6 Å². The zero-order chi connectivity index (χ0) is 19.4. The quantitative estimate of drug-likeness (QED) is 0.891. The highest BCUT2D eigenvalue weighted by Gasteiger charge is 2.36. The topological polar surface area (TPSA) is 89.4 Å². The normalized spacial score (nSPS) is 17.0. The van der Waals surface area contributed by atoms with Crippen LogP contribution in [0.15, 0.2) is 37.1 Å². The molecule has 0 bridgehead atoms. The molecule has 8 nitrogen and oxygen atoms in total. The molecule has 1 N–H and O–H groups in total. The monoisotopic (exact) mass is 371 g/mol. The van der Waals surface area contributed by atoms with E-state index in [2.05, 4.69) is 15.3 Å². The Kier molecular flexibility index (Phi) is 5.43. The zero-order valence-electron chi connectivity index (χ0n) is 15.9. The van der Waals surface area contributed by atoms with Crippen LogP contribution in [-0.4, -0.2) is 49.6 Å². The van der Waals surface area contributed by atoms with Crippen LogP contribution >= 0.6 is 0 Å². The summed E-state index contributed by atoms with van der Waals surface area (Å²) >= 11 is 0. The summed E-state index contributed by atoms with van der Waals surface area (Å²) in [6, 6.07) is 3.28. The minimum atomic E-state index is -0.580. The van der Waals surface area contributed by atoms with Crippen LogP contribution in [0.4, 0.5) is 4.79 Å². The lowest BCUT2D eigenvalue weighted by Crippen LogP contribution is -2.47. The number of nitrogens with one attached hydrogen (secondary N) is 1. The first kappa shape index (κ1) is 18.9. The standard InChI is InChI=1S/C19H25N5O3/c1-19(2,3)27-18(26)24-9-4-5-15(24)17(25)22-12-14-6-7-16(21-11-14)23-10-8-20-13-23/h6-8,10-11,13,15H,4-5,9,12H2,1-3H3,(H,22,25). The van der Waals surface area contributed by atoms with Crippen molar-refractivity contribution >= 4 is 12.0 Å². The van der Waals surface area contributed by atoms with E-state index in [1.807, 2.05) is 39.1 Å². The van der Waals surface area contributed by atoms with Crippen molar-refractivity contribution in [1.82, 2.24) is 24.8 Å². The van der Waals surface area contributed by atoms with Crippen molar-refractivity contribution in [2.24, 2.45) is 0 Å². The van der Waals surface area contributed by atoms with Crippen molar-refractivity contribution in [1.29, 1.82) is 0 Å². The number of rotatable bonds is 4. The van der Waals surface area contributed by atoms with Crippen LogP contribution in [0.2, 0.25) is 0 Å². The van der Waals surface area contributed by atoms with Gasteiger partial charge in [0.1, 0.15) is 23.8 Å². The Morgan fingerprint density at radius 1 is 1.33 bits per heavy atom. The Balaban J connectivity index is 1.56. The first-order valence-corrected chi connectivity index (χ1v) is 9.04. The molecule has 2 aromatic rings. The Morgan fingerprint density at radius 3 is 2.78 bits per heavy atom. The van der Waals surface area contributed by atoms with Crippen molar-refractivity contribution in [2.75, 3.05) is 6.54 Å². The fraction of sp³-hybridized carbons (Fsp3) is 0.474. The molecule has 1 aliphatic rings. The van der Waals surface area contributed by atoms with Gasteiger partial charge in [-0.05, 0) is 45.2 Å². The maximum Gasteiger partial charge on any atom is 0.410 e. The van der Waals surface area contributed by atoms with Crippen LogP contribution in [-0.2, 0) is 16.1 Å². The number of ether oxygens (including phenoxy) is 1. The predicted octanol–water partition coefficient (Wildman–Crippen LogP) is 2.28. The summed E-state index contributed by atoms with van der Waals surface area (Å²) in [5, 5.41) is 2.90. The Hall–Kier alpha value is -2.90. The number of pyridine rings is 1. The molecule has 1 atom stereocenters. The summed E-state index contributed by atoms with van der Waals surface area (Å²) in [5.74, 6) is 0.589. The summed E-state index contributed by atoms with van der Waals surface area (Å²) in [6.45, 7) is 6.34. The average Bonchev–Trinajstić information content (AvgIpc) is 3.30. The molecule has 1 unspecified atom stereocenters. The molecule has 0 radical (unpaired) electrons. The van der Waals surface area contributed by atoms with Crippen molar-refractivity contribution < 1.29 is 14.3 Å². The number of likely N-dealkylation sites (tertiary alicyclic amines) is 1. The molecule has 3 rings (SSSR count). The lowest BCUT2D eigenvalue weighted by molar-refractivity contribution is -0.125.